The van der Waals surface area contributed by atoms with Crippen LogP contribution in [0.1, 0.15) is 5.76 Å². The summed E-state index contributed by atoms with van der Waals surface area (Å²) in [5.74, 6) is 0.642. The number of hydrogen-bond donors (Lipinski definition) is 1. The van der Waals surface area contributed by atoms with Crippen molar-refractivity contribution in [3.05, 3.63) is 62.7 Å². The van der Waals surface area contributed by atoms with Gasteiger partial charge in [-0.3, -0.25) is 14.9 Å². The maximum absolute atomic E-state index is 11.3. The molecule has 0 aliphatic heterocycles. The van der Waals surface area contributed by atoms with Crippen LogP contribution >= 0.6 is 0 Å². The number of non-ortho nitro benzene ring substituents is 1. The van der Waals surface area contributed by atoms with Crippen molar-refractivity contribution in [2.45, 2.75) is 6.54 Å². The summed E-state index contributed by atoms with van der Waals surface area (Å²) in [6.07, 6.45) is 0. The zero-order valence-electron chi connectivity index (χ0n) is 11.3. The molecule has 9 heteroatoms. The molecular formula is C13H11N5O4. The third-order valence-electron chi connectivity index (χ3n) is 2.76. The zero-order chi connectivity index (χ0) is 15.9. The molecule has 0 spiro atoms. The Morgan fingerprint density at radius 1 is 1.32 bits per heavy atom. The summed E-state index contributed by atoms with van der Waals surface area (Å²) >= 11 is 0. The van der Waals surface area contributed by atoms with E-state index in [1.165, 1.54) is 12.1 Å². The maximum Gasteiger partial charge on any atom is 0.269 e. The molecule has 1 N–H and O–H groups in total. The summed E-state index contributed by atoms with van der Waals surface area (Å²) < 4.78 is 5.54. The molecule has 1 amide bonds. The number of azide groups is 1. The van der Waals surface area contributed by atoms with Gasteiger partial charge >= 0.3 is 0 Å². The fourth-order valence-electron chi connectivity index (χ4n) is 1.71. The number of carbonyl (C=O) groups excluding carboxylic acids is 1. The first kappa shape index (κ1) is 15.1. The molecule has 1 aromatic heterocycles. The van der Waals surface area contributed by atoms with Gasteiger partial charge in [-0.25, -0.2) is 0 Å². The Morgan fingerprint density at radius 3 is 2.68 bits per heavy atom. The first-order valence-electron chi connectivity index (χ1n) is 6.21. The number of nitro benzene ring substituents is 1. The molecule has 0 radical (unpaired) electrons. The van der Waals surface area contributed by atoms with Crippen molar-refractivity contribution < 1.29 is 14.1 Å². The Labute approximate surface area is 124 Å². The van der Waals surface area contributed by atoms with Crippen LogP contribution in [0.25, 0.3) is 21.8 Å². The van der Waals surface area contributed by atoms with Crippen molar-refractivity contribution in [2.75, 3.05) is 6.54 Å². The highest BCUT2D eigenvalue weighted by molar-refractivity contribution is 5.78. The van der Waals surface area contributed by atoms with E-state index >= 15 is 0 Å². The molecule has 0 fully saturated rings. The Morgan fingerprint density at radius 2 is 2.05 bits per heavy atom. The largest absolute Gasteiger partial charge is 0.459 e. The third-order valence-corrected chi connectivity index (χ3v) is 2.76. The third kappa shape index (κ3) is 3.84. The maximum atomic E-state index is 11.3. The lowest BCUT2D eigenvalue weighted by molar-refractivity contribution is -0.384. The second-order valence-electron chi connectivity index (χ2n) is 4.24. The molecule has 22 heavy (non-hydrogen) atoms. The highest BCUT2D eigenvalue weighted by Crippen LogP contribution is 2.24. The highest BCUT2D eigenvalue weighted by Gasteiger charge is 2.09. The van der Waals surface area contributed by atoms with Gasteiger partial charge in [-0.05, 0) is 29.8 Å². The topological polar surface area (TPSA) is 134 Å². The second-order valence-corrected chi connectivity index (χ2v) is 4.24. The number of benzene rings is 1. The minimum atomic E-state index is -0.476. The number of nitrogens with zero attached hydrogens (tertiary/aromatic N) is 4. The lowest BCUT2D eigenvalue weighted by Crippen LogP contribution is -2.24. The van der Waals surface area contributed by atoms with Gasteiger partial charge in [-0.1, -0.05) is 5.11 Å². The fourth-order valence-corrected chi connectivity index (χ4v) is 1.71. The van der Waals surface area contributed by atoms with Crippen molar-refractivity contribution in [1.29, 1.82) is 0 Å². The predicted molar refractivity (Wildman–Crippen MR) is 76.7 cm³/mol. The van der Waals surface area contributed by atoms with E-state index in [-0.39, 0.29) is 18.8 Å². The molecule has 0 saturated carbocycles. The molecular weight excluding hydrogens is 290 g/mol. The number of nitro groups is 1. The first-order chi connectivity index (χ1) is 10.6. The van der Waals surface area contributed by atoms with Crippen LogP contribution in [-0.4, -0.2) is 17.4 Å². The van der Waals surface area contributed by atoms with Crippen molar-refractivity contribution >= 4 is 11.6 Å². The van der Waals surface area contributed by atoms with Crippen LogP contribution in [0.4, 0.5) is 5.69 Å². The molecule has 2 rings (SSSR count). The van der Waals surface area contributed by atoms with Gasteiger partial charge in [0.05, 0.1) is 11.5 Å². The van der Waals surface area contributed by atoms with Gasteiger partial charge in [0.2, 0.25) is 5.91 Å². The molecule has 1 heterocycles. The van der Waals surface area contributed by atoms with Crippen molar-refractivity contribution in [3.8, 4) is 11.3 Å². The average Bonchev–Trinajstić information content (AvgIpc) is 3.00. The van der Waals surface area contributed by atoms with Gasteiger partial charge in [0, 0.05) is 22.6 Å². The zero-order valence-corrected chi connectivity index (χ0v) is 11.3. The van der Waals surface area contributed by atoms with Crippen molar-refractivity contribution in [2.24, 2.45) is 5.11 Å². The Hall–Kier alpha value is -3.32. The van der Waals surface area contributed by atoms with Crippen molar-refractivity contribution in [1.82, 2.24) is 5.32 Å². The molecule has 0 aliphatic carbocycles. The van der Waals surface area contributed by atoms with Crippen LogP contribution in [0.5, 0.6) is 0 Å². The van der Waals surface area contributed by atoms with Crippen LogP contribution in [0.3, 0.4) is 0 Å². The fraction of sp³-hybridized carbons (Fsp3) is 0.154. The quantitative estimate of drug-likeness (QED) is 0.288. The van der Waals surface area contributed by atoms with E-state index in [2.05, 4.69) is 15.3 Å². The molecule has 0 unspecified atom stereocenters. The predicted octanol–water partition coefficient (Wildman–Crippen LogP) is 2.78. The molecule has 0 atom stereocenters. The van der Waals surface area contributed by atoms with E-state index in [9.17, 15) is 14.9 Å². The summed E-state index contributed by atoms with van der Waals surface area (Å²) in [5, 5.41) is 16.3. The Bertz CT molecular complexity index is 731. The number of furan rings is 1. The van der Waals surface area contributed by atoms with E-state index < -0.39 is 10.8 Å². The van der Waals surface area contributed by atoms with Gasteiger partial charge in [0.1, 0.15) is 18.1 Å². The number of carbonyl (C=O) groups is 1. The molecule has 0 bridgehead atoms. The molecule has 0 aliphatic rings. The van der Waals surface area contributed by atoms with Crippen molar-refractivity contribution in [3.63, 3.8) is 0 Å². The van der Waals surface area contributed by atoms with E-state index in [4.69, 9.17) is 9.95 Å². The SMILES string of the molecule is [N-]=[N+]=NCC(=O)NCc1ccc(-c2ccc([N+](=O)[O-])cc2)o1. The number of hydrogen-bond acceptors (Lipinski definition) is 5. The lowest BCUT2D eigenvalue weighted by Gasteiger charge is -2.00. The first-order valence-corrected chi connectivity index (χ1v) is 6.21. The number of amides is 1. The Kier molecular flexibility index (Phi) is 4.74. The van der Waals surface area contributed by atoms with E-state index in [1.807, 2.05) is 0 Å². The summed E-state index contributed by atoms with van der Waals surface area (Å²) in [7, 11) is 0. The number of nitrogens with one attached hydrogen (secondary N) is 1. The average molecular weight is 301 g/mol. The van der Waals surface area contributed by atoms with E-state index in [0.29, 0.717) is 17.1 Å². The summed E-state index contributed by atoms with van der Waals surface area (Å²) in [6.45, 7) is -0.112. The highest BCUT2D eigenvalue weighted by atomic mass is 16.6. The van der Waals surface area contributed by atoms with Crippen LogP contribution in [-0.2, 0) is 11.3 Å². The lowest BCUT2D eigenvalue weighted by atomic mass is 10.1. The van der Waals surface area contributed by atoms with Crippen LogP contribution in [0.2, 0.25) is 0 Å². The van der Waals surface area contributed by atoms with Gasteiger partial charge in [-0.15, -0.1) is 0 Å². The monoisotopic (exact) mass is 301 g/mol. The molecule has 9 nitrogen and oxygen atoms in total. The van der Waals surface area contributed by atoms with Crippen LogP contribution < -0.4 is 5.32 Å². The molecule has 0 saturated heterocycles. The summed E-state index contributed by atoms with van der Waals surface area (Å²) in [4.78, 5) is 23.9. The normalized spacial score (nSPS) is 9.82. The summed E-state index contributed by atoms with van der Waals surface area (Å²) in [5.41, 5.74) is 8.79. The smallest absolute Gasteiger partial charge is 0.269 e. The van der Waals surface area contributed by atoms with Gasteiger partial charge < -0.3 is 9.73 Å². The minimum absolute atomic E-state index is 0.000778. The van der Waals surface area contributed by atoms with Gasteiger partial charge in [0.15, 0.2) is 0 Å². The molecule has 2 aromatic rings. The van der Waals surface area contributed by atoms with Crippen LogP contribution in [0, 0.1) is 10.1 Å². The number of rotatable bonds is 6. The van der Waals surface area contributed by atoms with E-state index in [1.54, 1.807) is 24.3 Å². The second kappa shape index (κ2) is 6.91. The molecule has 1 aromatic carbocycles. The van der Waals surface area contributed by atoms with Gasteiger partial charge in [-0.2, -0.15) is 0 Å². The molecule has 112 valence electrons. The van der Waals surface area contributed by atoms with Crippen LogP contribution in [0.15, 0.2) is 45.9 Å². The van der Waals surface area contributed by atoms with Gasteiger partial charge in [0.25, 0.3) is 5.69 Å². The Balaban J connectivity index is 2.00. The standard InChI is InChI=1S/C13H11N5O4/c14-17-16-8-13(19)15-7-11-5-6-12(22-11)9-1-3-10(4-2-9)18(20)21/h1-6H,7-8H2,(H,15,19). The summed E-state index contributed by atoms with van der Waals surface area (Å²) in [6, 6.07) is 9.33. The minimum Gasteiger partial charge on any atom is -0.459 e. The van der Waals surface area contributed by atoms with E-state index in [0.717, 1.165) is 0 Å².